The summed E-state index contributed by atoms with van der Waals surface area (Å²) in [5, 5.41) is 15.2. The number of nitrogens with zero attached hydrogens (tertiary/aromatic N) is 2. The van der Waals surface area contributed by atoms with Crippen LogP contribution >= 0.6 is 0 Å². The standard InChI is InChI=1S/C25H28N4O3/c1-24(2,3)15-29-20-8-6-5-7-17(20)25(23(29)31)12-19(27-14-25)22(30)28-18-10-9-16(13-26)11-21(18)32-4/h5-11,19,27H,12,14-15H2,1-4H3,(H,28,30). The Balaban J connectivity index is 1.58. The van der Waals surface area contributed by atoms with Crippen LogP contribution in [0.1, 0.15) is 38.3 Å². The number of fused-ring (bicyclic) bond motifs is 2. The number of methoxy groups -OCH3 is 1. The summed E-state index contributed by atoms with van der Waals surface area (Å²) in [7, 11) is 1.49. The first-order chi connectivity index (χ1) is 15.2. The smallest absolute Gasteiger partial charge is 0.241 e. The molecule has 0 aliphatic carbocycles. The Hall–Kier alpha value is -3.37. The maximum Gasteiger partial charge on any atom is 0.241 e. The average molecular weight is 433 g/mol. The minimum absolute atomic E-state index is 0.0485. The molecule has 2 aliphatic rings. The van der Waals surface area contributed by atoms with E-state index in [1.807, 2.05) is 29.2 Å². The van der Waals surface area contributed by atoms with Gasteiger partial charge in [0.1, 0.15) is 5.75 Å². The molecular formula is C25H28N4O3. The van der Waals surface area contributed by atoms with Crippen molar-refractivity contribution in [3.63, 3.8) is 0 Å². The monoisotopic (exact) mass is 432 g/mol. The largest absolute Gasteiger partial charge is 0.495 e. The minimum Gasteiger partial charge on any atom is -0.495 e. The van der Waals surface area contributed by atoms with E-state index in [1.54, 1.807) is 18.2 Å². The van der Waals surface area contributed by atoms with Gasteiger partial charge in [-0.05, 0) is 35.6 Å². The number of nitrogens with one attached hydrogen (secondary N) is 2. The number of rotatable bonds is 4. The zero-order chi connectivity index (χ0) is 23.1. The molecule has 2 heterocycles. The van der Waals surface area contributed by atoms with Crippen LogP contribution in [0.5, 0.6) is 5.75 Å². The van der Waals surface area contributed by atoms with Gasteiger partial charge in [0, 0.05) is 24.8 Å². The predicted octanol–water partition coefficient (Wildman–Crippen LogP) is 3.20. The molecule has 166 valence electrons. The first kappa shape index (κ1) is 21.8. The number of benzene rings is 2. The molecule has 0 bridgehead atoms. The van der Waals surface area contributed by atoms with Crippen LogP contribution in [-0.4, -0.2) is 38.1 Å². The van der Waals surface area contributed by atoms with Gasteiger partial charge < -0.3 is 20.3 Å². The van der Waals surface area contributed by atoms with E-state index < -0.39 is 11.5 Å². The molecule has 1 spiro atoms. The molecule has 2 aliphatic heterocycles. The molecule has 2 unspecified atom stereocenters. The highest BCUT2D eigenvalue weighted by atomic mass is 16.5. The zero-order valence-corrected chi connectivity index (χ0v) is 18.9. The van der Waals surface area contributed by atoms with Gasteiger partial charge in [0.05, 0.1) is 35.9 Å². The predicted molar refractivity (Wildman–Crippen MR) is 123 cm³/mol. The summed E-state index contributed by atoms with van der Waals surface area (Å²) in [5.41, 5.74) is 2.05. The van der Waals surface area contributed by atoms with Gasteiger partial charge in [-0.15, -0.1) is 0 Å². The van der Waals surface area contributed by atoms with Crippen molar-refractivity contribution in [3.05, 3.63) is 53.6 Å². The Morgan fingerprint density at radius 3 is 2.75 bits per heavy atom. The highest BCUT2D eigenvalue weighted by Gasteiger charge is 2.56. The van der Waals surface area contributed by atoms with Crippen molar-refractivity contribution in [2.24, 2.45) is 5.41 Å². The maximum absolute atomic E-state index is 13.7. The fourth-order valence-electron chi connectivity index (χ4n) is 4.66. The lowest BCUT2D eigenvalue weighted by Gasteiger charge is -2.29. The summed E-state index contributed by atoms with van der Waals surface area (Å²) in [6, 6.07) is 14.3. The summed E-state index contributed by atoms with van der Waals surface area (Å²) in [4.78, 5) is 28.6. The molecule has 0 radical (unpaired) electrons. The third-order valence-electron chi connectivity index (χ3n) is 6.11. The molecule has 7 heteroatoms. The van der Waals surface area contributed by atoms with Crippen molar-refractivity contribution in [2.45, 2.75) is 38.6 Å². The number of carbonyl (C=O) groups is 2. The molecular weight excluding hydrogens is 404 g/mol. The average Bonchev–Trinajstić information content (AvgIpc) is 3.31. The van der Waals surface area contributed by atoms with Crippen LogP contribution < -0.4 is 20.3 Å². The van der Waals surface area contributed by atoms with Gasteiger partial charge in [-0.3, -0.25) is 9.59 Å². The molecule has 2 aromatic rings. The van der Waals surface area contributed by atoms with E-state index in [0.29, 0.717) is 36.5 Å². The third kappa shape index (κ3) is 3.71. The van der Waals surface area contributed by atoms with E-state index in [9.17, 15) is 9.59 Å². The second-order valence-corrected chi connectivity index (χ2v) is 9.70. The van der Waals surface area contributed by atoms with Crippen LogP contribution in [0.3, 0.4) is 0 Å². The second kappa shape index (κ2) is 7.95. The summed E-state index contributed by atoms with van der Waals surface area (Å²) in [6.07, 6.45) is 0.383. The molecule has 0 saturated carbocycles. The molecule has 32 heavy (non-hydrogen) atoms. The van der Waals surface area contributed by atoms with Crippen molar-refractivity contribution in [2.75, 3.05) is 30.4 Å². The number of anilines is 2. The fourth-order valence-corrected chi connectivity index (χ4v) is 4.66. The van der Waals surface area contributed by atoms with Crippen LogP contribution in [0, 0.1) is 16.7 Å². The number of hydrogen-bond donors (Lipinski definition) is 2. The first-order valence-electron chi connectivity index (χ1n) is 10.7. The molecule has 2 aromatic carbocycles. The van der Waals surface area contributed by atoms with Crippen molar-refractivity contribution in [1.29, 1.82) is 5.26 Å². The Kier molecular flexibility index (Phi) is 5.43. The van der Waals surface area contributed by atoms with E-state index in [-0.39, 0.29) is 17.2 Å². The fraction of sp³-hybridized carbons (Fsp3) is 0.400. The number of hydrogen-bond acceptors (Lipinski definition) is 5. The Morgan fingerprint density at radius 2 is 2.06 bits per heavy atom. The van der Waals surface area contributed by atoms with Crippen molar-refractivity contribution >= 4 is 23.2 Å². The highest BCUT2D eigenvalue weighted by molar-refractivity contribution is 6.09. The molecule has 1 fully saturated rings. The lowest BCUT2D eigenvalue weighted by atomic mass is 9.79. The molecule has 0 aromatic heterocycles. The van der Waals surface area contributed by atoms with Gasteiger partial charge in [-0.2, -0.15) is 5.26 Å². The van der Waals surface area contributed by atoms with Crippen LogP contribution in [0.15, 0.2) is 42.5 Å². The van der Waals surface area contributed by atoms with Crippen LogP contribution in [0.4, 0.5) is 11.4 Å². The molecule has 4 rings (SSSR count). The van der Waals surface area contributed by atoms with Gasteiger partial charge in [0.15, 0.2) is 0 Å². The van der Waals surface area contributed by atoms with Crippen LogP contribution in [-0.2, 0) is 15.0 Å². The third-order valence-corrected chi connectivity index (χ3v) is 6.11. The highest BCUT2D eigenvalue weighted by Crippen LogP contribution is 2.47. The van der Waals surface area contributed by atoms with Gasteiger partial charge in [-0.25, -0.2) is 0 Å². The maximum atomic E-state index is 13.7. The van der Waals surface area contributed by atoms with Crippen LogP contribution in [0.25, 0.3) is 0 Å². The van der Waals surface area contributed by atoms with E-state index in [4.69, 9.17) is 10.00 Å². The summed E-state index contributed by atoms with van der Waals surface area (Å²) in [6.45, 7) is 7.36. The van der Waals surface area contributed by atoms with E-state index >= 15 is 0 Å². The zero-order valence-electron chi connectivity index (χ0n) is 18.9. The van der Waals surface area contributed by atoms with Crippen molar-refractivity contribution < 1.29 is 14.3 Å². The second-order valence-electron chi connectivity index (χ2n) is 9.70. The number of nitriles is 1. The Bertz CT molecular complexity index is 1110. The summed E-state index contributed by atoms with van der Waals surface area (Å²) in [5.74, 6) is 0.237. The topological polar surface area (TPSA) is 94.5 Å². The number of ether oxygens (including phenoxy) is 1. The van der Waals surface area contributed by atoms with Gasteiger partial charge in [0.25, 0.3) is 0 Å². The SMILES string of the molecule is COc1cc(C#N)ccc1NC(=O)C1CC2(CN1)C(=O)N(CC(C)(C)C)c1ccccc12. The molecule has 2 amide bonds. The van der Waals surface area contributed by atoms with E-state index in [0.717, 1.165) is 11.3 Å². The number of carbonyl (C=O) groups excluding carboxylic acids is 2. The lowest BCUT2D eigenvalue weighted by molar-refractivity contribution is -0.123. The van der Waals surface area contributed by atoms with E-state index in [2.05, 4.69) is 37.5 Å². The molecule has 1 saturated heterocycles. The summed E-state index contributed by atoms with van der Waals surface area (Å²) < 4.78 is 5.32. The van der Waals surface area contributed by atoms with Crippen molar-refractivity contribution in [1.82, 2.24) is 5.32 Å². The number of amides is 2. The summed E-state index contributed by atoms with van der Waals surface area (Å²) >= 11 is 0. The van der Waals surface area contributed by atoms with Crippen LogP contribution in [0.2, 0.25) is 0 Å². The normalized spacial score (nSPS) is 22.0. The molecule has 2 atom stereocenters. The number of para-hydroxylation sites is 1. The Morgan fingerprint density at radius 1 is 1.31 bits per heavy atom. The van der Waals surface area contributed by atoms with Crippen molar-refractivity contribution in [3.8, 4) is 11.8 Å². The van der Waals surface area contributed by atoms with Gasteiger partial charge in [0.2, 0.25) is 11.8 Å². The molecule has 2 N–H and O–H groups in total. The minimum atomic E-state index is -0.751. The van der Waals surface area contributed by atoms with Gasteiger partial charge >= 0.3 is 0 Å². The van der Waals surface area contributed by atoms with E-state index in [1.165, 1.54) is 7.11 Å². The first-order valence-corrected chi connectivity index (χ1v) is 10.7. The molecule has 7 nitrogen and oxygen atoms in total. The quantitative estimate of drug-likeness (QED) is 0.774. The lowest BCUT2D eigenvalue weighted by Crippen LogP contribution is -2.44. The van der Waals surface area contributed by atoms with Gasteiger partial charge in [-0.1, -0.05) is 39.0 Å². The Labute approximate surface area is 188 Å².